The maximum absolute atomic E-state index is 12.3. The average Bonchev–Trinajstić information content (AvgIpc) is 3.06. The number of hydrogen-bond donors (Lipinski definition) is 1. The molecular formula is C18H11ClN4O2. The molecular weight excluding hydrogens is 340 g/mol. The van der Waals surface area contributed by atoms with E-state index in [1.54, 1.807) is 42.7 Å². The Balaban J connectivity index is 1.63. The van der Waals surface area contributed by atoms with E-state index in [1.165, 1.54) is 6.20 Å². The summed E-state index contributed by atoms with van der Waals surface area (Å²) in [5, 5.41) is 2.94. The Morgan fingerprint density at radius 2 is 2.00 bits per heavy atom. The van der Waals surface area contributed by atoms with Gasteiger partial charge in [-0.05, 0) is 42.5 Å². The largest absolute Gasteiger partial charge is 0.436 e. The van der Waals surface area contributed by atoms with Crippen LogP contribution in [0.1, 0.15) is 10.4 Å². The molecule has 1 aromatic carbocycles. The summed E-state index contributed by atoms with van der Waals surface area (Å²) in [6, 6.07) is 12.2. The Kier molecular flexibility index (Phi) is 3.87. The first-order valence-corrected chi connectivity index (χ1v) is 7.81. The number of pyridine rings is 2. The van der Waals surface area contributed by atoms with Gasteiger partial charge in [-0.3, -0.25) is 9.78 Å². The number of oxazole rings is 1. The van der Waals surface area contributed by atoms with Crippen molar-refractivity contribution in [3.8, 4) is 11.5 Å². The van der Waals surface area contributed by atoms with Crippen LogP contribution in [-0.2, 0) is 0 Å². The standard InChI is InChI=1S/C18H11ClN4O2/c19-16-13(4-2-8-21-16)17(24)22-12-5-6-15-14(9-12)23-18(25-15)11-3-1-7-20-10-11/h1-10H,(H,22,24). The number of carbonyl (C=O) groups is 1. The van der Waals surface area contributed by atoms with Gasteiger partial charge in [0.05, 0.1) is 11.1 Å². The Labute approximate surface area is 147 Å². The van der Waals surface area contributed by atoms with Gasteiger partial charge >= 0.3 is 0 Å². The highest BCUT2D eigenvalue weighted by atomic mass is 35.5. The van der Waals surface area contributed by atoms with Crippen LogP contribution in [0.15, 0.2) is 65.5 Å². The number of nitrogens with zero attached hydrogens (tertiary/aromatic N) is 3. The minimum absolute atomic E-state index is 0.154. The van der Waals surface area contributed by atoms with Gasteiger partial charge in [0.1, 0.15) is 10.7 Å². The summed E-state index contributed by atoms with van der Waals surface area (Å²) in [6.45, 7) is 0. The summed E-state index contributed by atoms with van der Waals surface area (Å²) >= 11 is 5.95. The third-order valence-corrected chi connectivity index (χ3v) is 3.86. The molecule has 0 saturated carbocycles. The molecule has 0 spiro atoms. The van der Waals surface area contributed by atoms with Crippen molar-refractivity contribution >= 4 is 34.3 Å². The molecule has 0 aliphatic heterocycles. The topological polar surface area (TPSA) is 80.9 Å². The average molecular weight is 351 g/mol. The van der Waals surface area contributed by atoms with E-state index in [2.05, 4.69) is 20.3 Å². The number of fused-ring (bicyclic) bond motifs is 1. The molecule has 3 heterocycles. The lowest BCUT2D eigenvalue weighted by molar-refractivity contribution is 0.102. The molecule has 0 fully saturated rings. The molecule has 122 valence electrons. The van der Waals surface area contributed by atoms with Crippen molar-refractivity contribution in [2.24, 2.45) is 0 Å². The van der Waals surface area contributed by atoms with E-state index >= 15 is 0 Å². The third kappa shape index (κ3) is 3.07. The molecule has 4 rings (SSSR count). The number of halogens is 1. The highest BCUT2D eigenvalue weighted by Crippen LogP contribution is 2.26. The van der Waals surface area contributed by atoms with Gasteiger partial charge in [0, 0.05) is 24.3 Å². The van der Waals surface area contributed by atoms with Crippen molar-refractivity contribution in [3.05, 3.63) is 71.8 Å². The van der Waals surface area contributed by atoms with Crippen LogP contribution in [0.2, 0.25) is 5.15 Å². The van der Waals surface area contributed by atoms with E-state index < -0.39 is 0 Å². The maximum Gasteiger partial charge on any atom is 0.258 e. The summed E-state index contributed by atoms with van der Waals surface area (Å²) in [4.78, 5) is 24.7. The number of benzene rings is 1. The van der Waals surface area contributed by atoms with Crippen LogP contribution in [0.4, 0.5) is 5.69 Å². The predicted octanol–water partition coefficient (Wildman–Crippen LogP) is 4.19. The van der Waals surface area contributed by atoms with Crippen molar-refractivity contribution in [2.45, 2.75) is 0 Å². The molecule has 1 N–H and O–H groups in total. The molecule has 6 nitrogen and oxygen atoms in total. The van der Waals surface area contributed by atoms with Gasteiger partial charge in [0.2, 0.25) is 5.89 Å². The second-order valence-electron chi connectivity index (χ2n) is 5.24. The van der Waals surface area contributed by atoms with Crippen LogP contribution < -0.4 is 5.32 Å². The van der Waals surface area contributed by atoms with Crippen molar-refractivity contribution in [3.63, 3.8) is 0 Å². The lowest BCUT2D eigenvalue weighted by atomic mass is 10.2. The van der Waals surface area contributed by atoms with Crippen molar-refractivity contribution in [1.29, 1.82) is 0 Å². The molecule has 4 aromatic rings. The number of nitrogens with one attached hydrogen (secondary N) is 1. The first-order valence-electron chi connectivity index (χ1n) is 7.43. The minimum Gasteiger partial charge on any atom is -0.436 e. The second kappa shape index (κ2) is 6.33. The summed E-state index contributed by atoms with van der Waals surface area (Å²) in [6.07, 6.45) is 4.89. The summed E-state index contributed by atoms with van der Waals surface area (Å²) in [7, 11) is 0. The van der Waals surface area contributed by atoms with Gasteiger partial charge in [0.15, 0.2) is 5.58 Å². The SMILES string of the molecule is O=C(Nc1ccc2oc(-c3cccnc3)nc2c1)c1cccnc1Cl. The number of aromatic nitrogens is 3. The van der Waals surface area contributed by atoms with Gasteiger partial charge in [-0.15, -0.1) is 0 Å². The molecule has 3 aromatic heterocycles. The van der Waals surface area contributed by atoms with Crippen molar-refractivity contribution in [2.75, 3.05) is 5.32 Å². The number of anilines is 1. The molecule has 0 saturated heterocycles. The van der Waals surface area contributed by atoms with Crippen molar-refractivity contribution < 1.29 is 9.21 Å². The van der Waals surface area contributed by atoms with E-state index in [0.29, 0.717) is 28.2 Å². The molecule has 0 unspecified atom stereocenters. The monoisotopic (exact) mass is 350 g/mol. The van der Waals surface area contributed by atoms with E-state index in [0.717, 1.165) is 5.56 Å². The van der Waals surface area contributed by atoms with Crippen LogP contribution in [0.3, 0.4) is 0 Å². The quantitative estimate of drug-likeness (QED) is 0.560. The first kappa shape index (κ1) is 15.3. The smallest absolute Gasteiger partial charge is 0.258 e. The molecule has 0 bridgehead atoms. The van der Waals surface area contributed by atoms with Crippen LogP contribution in [0, 0.1) is 0 Å². The predicted molar refractivity (Wildman–Crippen MR) is 94.4 cm³/mol. The highest BCUT2D eigenvalue weighted by molar-refractivity contribution is 6.33. The van der Waals surface area contributed by atoms with E-state index in [9.17, 15) is 4.79 Å². The summed E-state index contributed by atoms with van der Waals surface area (Å²) in [5.74, 6) is 0.135. The fraction of sp³-hybridized carbons (Fsp3) is 0. The molecule has 25 heavy (non-hydrogen) atoms. The zero-order valence-corrected chi connectivity index (χ0v) is 13.6. The first-order chi connectivity index (χ1) is 12.2. The molecule has 7 heteroatoms. The summed E-state index contributed by atoms with van der Waals surface area (Å²) < 4.78 is 5.72. The second-order valence-corrected chi connectivity index (χ2v) is 5.60. The van der Waals surface area contributed by atoms with Gasteiger partial charge < -0.3 is 9.73 Å². The van der Waals surface area contributed by atoms with E-state index in [1.807, 2.05) is 12.1 Å². The Hall–Kier alpha value is -3.25. The zero-order chi connectivity index (χ0) is 17.2. The zero-order valence-electron chi connectivity index (χ0n) is 12.8. The van der Waals surface area contributed by atoms with E-state index in [-0.39, 0.29) is 11.1 Å². The minimum atomic E-state index is -0.339. The Bertz CT molecular complexity index is 1060. The van der Waals surface area contributed by atoms with Gasteiger partial charge in [-0.2, -0.15) is 0 Å². The van der Waals surface area contributed by atoms with Gasteiger partial charge in [-0.25, -0.2) is 9.97 Å². The highest BCUT2D eigenvalue weighted by Gasteiger charge is 2.13. The summed E-state index contributed by atoms with van der Waals surface area (Å²) in [5.41, 5.74) is 2.93. The molecule has 0 atom stereocenters. The van der Waals surface area contributed by atoms with Crippen LogP contribution in [-0.4, -0.2) is 20.9 Å². The molecule has 0 radical (unpaired) electrons. The normalized spacial score (nSPS) is 10.8. The lowest BCUT2D eigenvalue weighted by Gasteiger charge is -2.05. The fourth-order valence-electron chi connectivity index (χ4n) is 2.37. The van der Waals surface area contributed by atoms with Crippen LogP contribution >= 0.6 is 11.6 Å². The van der Waals surface area contributed by atoms with E-state index in [4.69, 9.17) is 16.0 Å². The fourth-order valence-corrected chi connectivity index (χ4v) is 2.58. The number of carbonyl (C=O) groups excluding carboxylic acids is 1. The Morgan fingerprint density at radius 3 is 2.80 bits per heavy atom. The van der Waals surface area contributed by atoms with Crippen LogP contribution in [0.25, 0.3) is 22.6 Å². The Morgan fingerprint density at radius 1 is 1.12 bits per heavy atom. The number of amides is 1. The maximum atomic E-state index is 12.3. The molecule has 1 amide bonds. The molecule has 0 aliphatic carbocycles. The van der Waals surface area contributed by atoms with Gasteiger partial charge in [0.25, 0.3) is 5.91 Å². The lowest BCUT2D eigenvalue weighted by Crippen LogP contribution is -2.12. The third-order valence-electron chi connectivity index (χ3n) is 3.56. The number of rotatable bonds is 3. The molecule has 0 aliphatic rings. The van der Waals surface area contributed by atoms with Crippen LogP contribution in [0.5, 0.6) is 0 Å². The van der Waals surface area contributed by atoms with Crippen molar-refractivity contribution in [1.82, 2.24) is 15.0 Å². The number of hydrogen-bond acceptors (Lipinski definition) is 5. The van der Waals surface area contributed by atoms with Gasteiger partial charge in [-0.1, -0.05) is 11.6 Å².